The molecule has 6 nitrogen and oxygen atoms in total. The zero-order valence-corrected chi connectivity index (χ0v) is 15.4. The summed E-state index contributed by atoms with van der Waals surface area (Å²) in [4.78, 5) is 30.1. The highest BCUT2D eigenvalue weighted by Crippen LogP contribution is 2.25. The van der Waals surface area contributed by atoms with Crippen LogP contribution >= 0.6 is 0 Å². The molecule has 1 fully saturated rings. The van der Waals surface area contributed by atoms with Crippen LogP contribution in [0, 0.1) is 0 Å². The van der Waals surface area contributed by atoms with Crippen LogP contribution in [0.25, 0.3) is 6.08 Å². The molecular weight excluding hydrogens is 340 g/mol. The fourth-order valence-electron chi connectivity index (χ4n) is 3.08. The van der Waals surface area contributed by atoms with E-state index >= 15 is 0 Å². The second-order valence-electron chi connectivity index (χ2n) is 6.55. The Kier molecular flexibility index (Phi) is 6.20. The predicted molar refractivity (Wildman–Crippen MR) is 109 cm³/mol. The molecule has 0 unspecified atom stereocenters. The topological polar surface area (TPSA) is 74.3 Å². The van der Waals surface area contributed by atoms with E-state index in [0.717, 1.165) is 48.7 Å². The zero-order valence-electron chi connectivity index (χ0n) is 15.4. The van der Waals surface area contributed by atoms with Crippen molar-refractivity contribution in [1.29, 1.82) is 0 Å². The highest BCUT2D eigenvalue weighted by Gasteiger charge is 2.16. The molecular formula is C21H24N4O2. The summed E-state index contributed by atoms with van der Waals surface area (Å²) in [5.74, 6) is 0.518. The summed E-state index contributed by atoms with van der Waals surface area (Å²) in [6, 6.07) is 11.0. The van der Waals surface area contributed by atoms with E-state index in [-0.39, 0.29) is 11.8 Å². The van der Waals surface area contributed by atoms with Crippen LogP contribution in [0.4, 0.5) is 17.2 Å². The number of pyridine rings is 1. The van der Waals surface area contributed by atoms with E-state index in [1.165, 1.54) is 19.4 Å². The van der Waals surface area contributed by atoms with Crippen LogP contribution in [0.1, 0.15) is 31.7 Å². The van der Waals surface area contributed by atoms with Gasteiger partial charge >= 0.3 is 0 Å². The lowest BCUT2D eigenvalue weighted by Crippen LogP contribution is -2.31. The van der Waals surface area contributed by atoms with Crippen LogP contribution in [0.3, 0.4) is 0 Å². The van der Waals surface area contributed by atoms with Crippen LogP contribution in [-0.4, -0.2) is 29.9 Å². The number of piperidine rings is 1. The van der Waals surface area contributed by atoms with Crippen LogP contribution in [-0.2, 0) is 9.59 Å². The lowest BCUT2D eigenvalue weighted by atomic mass is 10.1. The van der Waals surface area contributed by atoms with Crippen LogP contribution in [0.5, 0.6) is 0 Å². The molecule has 3 rings (SSSR count). The van der Waals surface area contributed by atoms with Crippen molar-refractivity contribution in [1.82, 2.24) is 4.98 Å². The first-order valence-electron chi connectivity index (χ1n) is 9.18. The summed E-state index contributed by atoms with van der Waals surface area (Å²) >= 11 is 0. The third-order valence-electron chi connectivity index (χ3n) is 4.36. The number of amides is 2. The minimum Gasteiger partial charge on any atom is -0.355 e. The lowest BCUT2D eigenvalue weighted by Gasteiger charge is -2.29. The SMILES string of the molecule is CC(=O)Nc1ccc(C=CC(=O)Nc2cccnc2N2CCCCC2)cc1. The van der Waals surface area contributed by atoms with E-state index in [4.69, 9.17) is 0 Å². The van der Waals surface area contributed by atoms with Gasteiger partial charge in [-0.25, -0.2) is 4.98 Å². The average Bonchev–Trinajstić information content (AvgIpc) is 2.68. The van der Waals surface area contributed by atoms with Crippen molar-refractivity contribution >= 4 is 35.1 Å². The van der Waals surface area contributed by atoms with Gasteiger partial charge in [0.05, 0.1) is 5.69 Å². The first-order valence-corrected chi connectivity index (χ1v) is 9.18. The zero-order chi connectivity index (χ0) is 19.1. The molecule has 0 saturated carbocycles. The smallest absolute Gasteiger partial charge is 0.248 e. The Hall–Kier alpha value is -3.15. The quantitative estimate of drug-likeness (QED) is 0.794. The molecule has 1 aliphatic heterocycles. The number of rotatable bonds is 5. The third kappa shape index (κ3) is 5.41. The Labute approximate surface area is 159 Å². The fraction of sp³-hybridized carbons (Fsp3) is 0.286. The van der Waals surface area contributed by atoms with E-state index < -0.39 is 0 Å². The number of anilines is 3. The summed E-state index contributed by atoms with van der Waals surface area (Å²) in [6.45, 7) is 3.40. The number of hydrogen-bond acceptors (Lipinski definition) is 4. The third-order valence-corrected chi connectivity index (χ3v) is 4.36. The molecule has 0 aliphatic carbocycles. The fourth-order valence-corrected chi connectivity index (χ4v) is 3.08. The number of hydrogen-bond donors (Lipinski definition) is 2. The molecule has 0 bridgehead atoms. The van der Waals surface area contributed by atoms with Crippen molar-refractivity contribution in [3.8, 4) is 0 Å². The maximum atomic E-state index is 12.3. The number of benzene rings is 1. The maximum absolute atomic E-state index is 12.3. The Bertz CT molecular complexity index is 824. The molecule has 1 aromatic carbocycles. The standard InChI is InChI=1S/C21H24N4O2/c1-16(26)23-18-10-7-17(8-11-18)9-12-20(27)24-19-6-5-13-22-21(19)25-14-3-2-4-15-25/h5-13H,2-4,14-15H2,1H3,(H,23,26)(H,24,27). The number of carbonyl (C=O) groups excluding carboxylic acids is 2. The average molecular weight is 364 g/mol. The van der Waals surface area contributed by atoms with Gasteiger partial charge in [-0.2, -0.15) is 0 Å². The van der Waals surface area contributed by atoms with Gasteiger partial charge < -0.3 is 15.5 Å². The van der Waals surface area contributed by atoms with Crippen molar-refractivity contribution < 1.29 is 9.59 Å². The summed E-state index contributed by atoms with van der Waals surface area (Å²) in [5.41, 5.74) is 2.34. The van der Waals surface area contributed by atoms with E-state index in [0.29, 0.717) is 0 Å². The van der Waals surface area contributed by atoms with Crippen molar-refractivity contribution in [2.75, 3.05) is 28.6 Å². The lowest BCUT2D eigenvalue weighted by molar-refractivity contribution is -0.114. The molecule has 2 N–H and O–H groups in total. The van der Waals surface area contributed by atoms with Crippen LogP contribution in [0.15, 0.2) is 48.7 Å². The number of nitrogens with one attached hydrogen (secondary N) is 2. The van der Waals surface area contributed by atoms with Gasteiger partial charge in [0, 0.05) is 38.0 Å². The van der Waals surface area contributed by atoms with Crippen molar-refractivity contribution in [2.45, 2.75) is 26.2 Å². The number of nitrogens with zero attached hydrogens (tertiary/aromatic N) is 2. The molecule has 1 aliphatic rings. The maximum Gasteiger partial charge on any atom is 0.248 e. The first-order chi connectivity index (χ1) is 13.1. The minimum atomic E-state index is -0.202. The van der Waals surface area contributed by atoms with Gasteiger partial charge in [0.25, 0.3) is 0 Å². The molecule has 0 radical (unpaired) electrons. The van der Waals surface area contributed by atoms with Crippen molar-refractivity contribution in [3.63, 3.8) is 0 Å². The summed E-state index contributed by atoms with van der Waals surface area (Å²) in [5, 5.41) is 5.64. The Morgan fingerprint density at radius 3 is 2.48 bits per heavy atom. The number of carbonyl (C=O) groups is 2. The molecule has 27 heavy (non-hydrogen) atoms. The molecule has 2 aromatic rings. The molecule has 2 heterocycles. The van der Waals surface area contributed by atoms with E-state index in [1.54, 1.807) is 24.4 Å². The van der Waals surface area contributed by atoms with Gasteiger partial charge in [0.2, 0.25) is 11.8 Å². The minimum absolute atomic E-state index is 0.112. The monoisotopic (exact) mass is 364 g/mol. The van der Waals surface area contributed by atoms with Gasteiger partial charge in [-0.3, -0.25) is 9.59 Å². The van der Waals surface area contributed by atoms with Gasteiger partial charge in [-0.1, -0.05) is 12.1 Å². The second-order valence-corrected chi connectivity index (χ2v) is 6.55. The van der Waals surface area contributed by atoms with Gasteiger partial charge in [-0.05, 0) is 55.2 Å². The molecule has 0 spiro atoms. The van der Waals surface area contributed by atoms with E-state index in [9.17, 15) is 9.59 Å². The number of aromatic nitrogens is 1. The Balaban J connectivity index is 1.64. The second kappa shape index (κ2) is 8.98. The molecule has 0 atom stereocenters. The van der Waals surface area contributed by atoms with Crippen LogP contribution < -0.4 is 15.5 Å². The Morgan fingerprint density at radius 2 is 1.78 bits per heavy atom. The van der Waals surface area contributed by atoms with E-state index in [1.807, 2.05) is 24.3 Å². The Morgan fingerprint density at radius 1 is 1.04 bits per heavy atom. The summed E-state index contributed by atoms with van der Waals surface area (Å²) < 4.78 is 0. The molecule has 6 heteroatoms. The summed E-state index contributed by atoms with van der Waals surface area (Å²) in [6.07, 6.45) is 8.54. The summed E-state index contributed by atoms with van der Waals surface area (Å²) in [7, 11) is 0. The normalized spacial score (nSPS) is 14.2. The van der Waals surface area contributed by atoms with Gasteiger partial charge in [0.15, 0.2) is 5.82 Å². The van der Waals surface area contributed by atoms with Gasteiger partial charge in [-0.15, -0.1) is 0 Å². The van der Waals surface area contributed by atoms with E-state index in [2.05, 4.69) is 20.5 Å². The van der Waals surface area contributed by atoms with Crippen molar-refractivity contribution in [3.05, 3.63) is 54.2 Å². The van der Waals surface area contributed by atoms with Crippen LogP contribution in [0.2, 0.25) is 0 Å². The molecule has 2 amide bonds. The predicted octanol–water partition coefficient (Wildman–Crippen LogP) is 3.68. The largest absolute Gasteiger partial charge is 0.355 e. The highest BCUT2D eigenvalue weighted by molar-refractivity contribution is 6.03. The van der Waals surface area contributed by atoms with Crippen molar-refractivity contribution in [2.24, 2.45) is 0 Å². The molecule has 1 aromatic heterocycles. The molecule has 140 valence electrons. The first kappa shape index (κ1) is 18.6. The molecule has 1 saturated heterocycles. The highest BCUT2D eigenvalue weighted by atomic mass is 16.2. The van der Waals surface area contributed by atoms with Gasteiger partial charge in [0.1, 0.15) is 0 Å².